The Kier molecular flexibility index (Phi) is 4.58. The summed E-state index contributed by atoms with van der Waals surface area (Å²) in [5.74, 6) is 0.201. The van der Waals surface area contributed by atoms with Crippen LogP contribution in [0.2, 0.25) is 0 Å². The zero-order valence-electron chi connectivity index (χ0n) is 10.8. The molecule has 2 rings (SSSR count). The van der Waals surface area contributed by atoms with Crippen LogP contribution >= 0.6 is 0 Å². The first kappa shape index (κ1) is 13.3. The van der Waals surface area contributed by atoms with E-state index in [4.69, 9.17) is 5.73 Å². The molecule has 2 aliphatic rings. The molecule has 1 aliphatic heterocycles. The van der Waals surface area contributed by atoms with E-state index in [-0.39, 0.29) is 29.8 Å². The van der Waals surface area contributed by atoms with Crippen molar-refractivity contribution in [2.45, 2.75) is 57.0 Å². The van der Waals surface area contributed by atoms with Crippen LogP contribution in [0.4, 0.5) is 0 Å². The van der Waals surface area contributed by atoms with E-state index in [1.54, 1.807) is 0 Å². The van der Waals surface area contributed by atoms with Gasteiger partial charge in [0.05, 0.1) is 0 Å². The molecule has 0 aromatic carbocycles. The van der Waals surface area contributed by atoms with Gasteiger partial charge >= 0.3 is 0 Å². The summed E-state index contributed by atoms with van der Waals surface area (Å²) < 4.78 is 0. The monoisotopic (exact) mass is 253 g/mol. The van der Waals surface area contributed by atoms with E-state index >= 15 is 0 Å². The van der Waals surface area contributed by atoms with Gasteiger partial charge in [-0.15, -0.1) is 0 Å². The van der Waals surface area contributed by atoms with Crippen LogP contribution in [0.15, 0.2) is 0 Å². The van der Waals surface area contributed by atoms with Gasteiger partial charge in [-0.3, -0.25) is 9.59 Å². The zero-order valence-corrected chi connectivity index (χ0v) is 10.8. The van der Waals surface area contributed by atoms with E-state index < -0.39 is 0 Å². The second-order valence-electron chi connectivity index (χ2n) is 5.47. The van der Waals surface area contributed by atoms with Crippen molar-refractivity contribution in [2.24, 2.45) is 11.7 Å². The Morgan fingerprint density at radius 3 is 2.78 bits per heavy atom. The molecule has 0 radical (unpaired) electrons. The Morgan fingerprint density at radius 2 is 2.06 bits per heavy atom. The lowest BCUT2D eigenvalue weighted by atomic mass is 9.83. The first-order valence-electron chi connectivity index (χ1n) is 6.99. The van der Waals surface area contributed by atoms with Gasteiger partial charge in [0.2, 0.25) is 11.8 Å². The second-order valence-corrected chi connectivity index (χ2v) is 5.47. The molecule has 1 heterocycles. The van der Waals surface area contributed by atoms with Gasteiger partial charge in [-0.1, -0.05) is 12.8 Å². The average Bonchev–Trinajstić information content (AvgIpc) is 2.35. The highest BCUT2D eigenvalue weighted by Crippen LogP contribution is 2.25. The Hall–Kier alpha value is -1.10. The van der Waals surface area contributed by atoms with Crippen LogP contribution in [-0.2, 0) is 9.59 Å². The van der Waals surface area contributed by atoms with Gasteiger partial charge in [-0.05, 0) is 31.6 Å². The van der Waals surface area contributed by atoms with Crippen LogP contribution in [0.5, 0.6) is 0 Å². The molecule has 1 saturated heterocycles. The van der Waals surface area contributed by atoms with E-state index in [1.807, 2.05) is 0 Å². The summed E-state index contributed by atoms with van der Waals surface area (Å²) in [4.78, 5) is 23.5. The van der Waals surface area contributed by atoms with E-state index in [1.165, 1.54) is 6.42 Å². The predicted molar refractivity (Wildman–Crippen MR) is 68.7 cm³/mol. The van der Waals surface area contributed by atoms with Crippen molar-refractivity contribution in [2.75, 3.05) is 6.54 Å². The second kappa shape index (κ2) is 6.18. The Morgan fingerprint density at radius 1 is 1.28 bits per heavy atom. The number of carbonyl (C=O) groups excluding carboxylic acids is 2. The van der Waals surface area contributed by atoms with Gasteiger partial charge < -0.3 is 16.4 Å². The lowest BCUT2D eigenvalue weighted by Crippen LogP contribution is -2.51. The lowest BCUT2D eigenvalue weighted by Gasteiger charge is -2.29. The van der Waals surface area contributed by atoms with Gasteiger partial charge in [-0.2, -0.15) is 0 Å². The summed E-state index contributed by atoms with van der Waals surface area (Å²) >= 11 is 0. The summed E-state index contributed by atoms with van der Waals surface area (Å²) in [6, 6.07) is -0.198. The summed E-state index contributed by atoms with van der Waals surface area (Å²) in [7, 11) is 0. The molecule has 0 spiro atoms. The molecular formula is C13H23N3O2. The SMILES string of the molecule is NC1CCCCC1CC(=O)NC1CCCNC1=O. The number of amides is 2. The number of piperidine rings is 1. The van der Waals surface area contributed by atoms with Gasteiger partial charge in [0.15, 0.2) is 0 Å². The molecule has 2 amide bonds. The van der Waals surface area contributed by atoms with Crippen LogP contribution < -0.4 is 16.4 Å². The highest BCUT2D eigenvalue weighted by molar-refractivity contribution is 5.88. The normalized spacial score (nSPS) is 32.7. The summed E-state index contributed by atoms with van der Waals surface area (Å²) in [5.41, 5.74) is 6.03. The number of hydrogen-bond acceptors (Lipinski definition) is 3. The lowest BCUT2D eigenvalue weighted by molar-refractivity contribution is -0.130. The van der Waals surface area contributed by atoms with Crippen molar-refractivity contribution >= 4 is 11.8 Å². The number of nitrogens with one attached hydrogen (secondary N) is 2. The Labute approximate surface area is 108 Å². The van der Waals surface area contributed by atoms with Gasteiger partial charge in [0.1, 0.15) is 6.04 Å². The highest BCUT2D eigenvalue weighted by atomic mass is 16.2. The summed E-state index contributed by atoms with van der Waals surface area (Å²) in [5, 5.41) is 5.60. The van der Waals surface area contributed by atoms with Crippen molar-refractivity contribution in [3.63, 3.8) is 0 Å². The minimum absolute atomic E-state index is 0.0283. The first-order chi connectivity index (χ1) is 8.66. The highest BCUT2D eigenvalue weighted by Gasteiger charge is 2.27. The number of rotatable bonds is 3. The van der Waals surface area contributed by atoms with Crippen LogP contribution in [0.25, 0.3) is 0 Å². The molecule has 1 saturated carbocycles. The molecule has 0 aromatic rings. The first-order valence-corrected chi connectivity index (χ1v) is 6.99. The fraction of sp³-hybridized carbons (Fsp3) is 0.846. The quantitative estimate of drug-likeness (QED) is 0.676. The molecule has 3 unspecified atom stereocenters. The molecule has 102 valence electrons. The molecule has 4 N–H and O–H groups in total. The molecule has 18 heavy (non-hydrogen) atoms. The minimum Gasteiger partial charge on any atom is -0.354 e. The Bertz CT molecular complexity index is 319. The van der Waals surface area contributed by atoms with Crippen LogP contribution in [0, 0.1) is 5.92 Å². The maximum absolute atomic E-state index is 11.9. The largest absolute Gasteiger partial charge is 0.354 e. The maximum Gasteiger partial charge on any atom is 0.242 e. The topological polar surface area (TPSA) is 84.2 Å². The summed E-state index contributed by atoms with van der Waals surface area (Å²) in [6.45, 7) is 0.721. The third-order valence-corrected chi connectivity index (χ3v) is 4.04. The Balaban J connectivity index is 1.78. The van der Waals surface area contributed by atoms with E-state index in [9.17, 15) is 9.59 Å². The number of carbonyl (C=O) groups is 2. The molecule has 1 aliphatic carbocycles. The molecule has 0 aromatic heterocycles. The molecule has 5 heteroatoms. The van der Waals surface area contributed by atoms with E-state index in [0.29, 0.717) is 6.42 Å². The van der Waals surface area contributed by atoms with Gasteiger partial charge in [-0.25, -0.2) is 0 Å². The van der Waals surface area contributed by atoms with Crippen LogP contribution in [-0.4, -0.2) is 30.4 Å². The smallest absolute Gasteiger partial charge is 0.242 e. The molecule has 0 bridgehead atoms. The fourth-order valence-corrected chi connectivity index (χ4v) is 2.89. The third-order valence-electron chi connectivity index (χ3n) is 4.04. The standard InChI is InChI=1S/C13H23N3O2/c14-10-5-2-1-4-9(10)8-12(17)16-11-6-3-7-15-13(11)18/h9-11H,1-8,14H2,(H,15,18)(H,16,17). The van der Waals surface area contributed by atoms with Crippen molar-refractivity contribution in [3.8, 4) is 0 Å². The number of hydrogen-bond donors (Lipinski definition) is 3. The average molecular weight is 253 g/mol. The van der Waals surface area contributed by atoms with Crippen LogP contribution in [0.1, 0.15) is 44.9 Å². The van der Waals surface area contributed by atoms with E-state index in [0.717, 1.165) is 38.6 Å². The van der Waals surface area contributed by atoms with Crippen molar-refractivity contribution < 1.29 is 9.59 Å². The van der Waals surface area contributed by atoms with Crippen molar-refractivity contribution in [1.29, 1.82) is 0 Å². The van der Waals surface area contributed by atoms with Gasteiger partial charge in [0, 0.05) is 19.0 Å². The molecule has 5 nitrogen and oxygen atoms in total. The maximum atomic E-state index is 11.9. The minimum atomic E-state index is -0.342. The molecular weight excluding hydrogens is 230 g/mol. The van der Waals surface area contributed by atoms with Crippen molar-refractivity contribution in [3.05, 3.63) is 0 Å². The molecule has 3 atom stereocenters. The van der Waals surface area contributed by atoms with E-state index in [2.05, 4.69) is 10.6 Å². The third kappa shape index (κ3) is 3.45. The number of nitrogens with two attached hydrogens (primary N) is 1. The van der Waals surface area contributed by atoms with Gasteiger partial charge in [0.25, 0.3) is 0 Å². The molecule has 2 fully saturated rings. The van der Waals surface area contributed by atoms with Crippen molar-refractivity contribution in [1.82, 2.24) is 10.6 Å². The summed E-state index contributed by atoms with van der Waals surface area (Å²) in [6.07, 6.45) is 6.52. The van der Waals surface area contributed by atoms with Crippen LogP contribution in [0.3, 0.4) is 0 Å². The predicted octanol–water partition coefficient (Wildman–Crippen LogP) is 0.289. The fourth-order valence-electron chi connectivity index (χ4n) is 2.89. The zero-order chi connectivity index (χ0) is 13.0.